The maximum absolute atomic E-state index is 11.9. The Hall–Kier alpha value is -0.650. The number of esters is 1. The fourth-order valence-electron chi connectivity index (χ4n) is 2.63. The highest BCUT2D eigenvalue weighted by Crippen LogP contribution is 2.17. The molecule has 0 aliphatic carbocycles. The van der Waals surface area contributed by atoms with Gasteiger partial charge in [-0.2, -0.15) is 0 Å². The van der Waals surface area contributed by atoms with Crippen LogP contribution in [0.3, 0.4) is 0 Å². The Labute approximate surface area is 110 Å². The van der Waals surface area contributed by atoms with Gasteiger partial charge in [0.05, 0.1) is 7.11 Å². The van der Waals surface area contributed by atoms with Crippen molar-refractivity contribution < 1.29 is 9.53 Å². The zero-order valence-electron chi connectivity index (χ0n) is 12.3. The molecule has 106 valence electrons. The summed E-state index contributed by atoms with van der Waals surface area (Å²) in [6, 6.07) is 0.591. The van der Waals surface area contributed by atoms with Gasteiger partial charge in [-0.05, 0) is 40.5 Å². The second-order valence-corrected chi connectivity index (χ2v) is 5.50. The summed E-state index contributed by atoms with van der Waals surface area (Å²) in [5, 5.41) is 3.25. The van der Waals surface area contributed by atoms with Crippen molar-refractivity contribution in [3.05, 3.63) is 0 Å². The Morgan fingerprint density at radius 1 is 1.56 bits per heavy atom. The third-order valence-electron chi connectivity index (χ3n) is 3.72. The zero-order chi connectivity index (χ0) is 13.8. The third-order valence-corrected chi connectivity index (χ3v) is 3.72. The van der Waals surface area contributed by atoms with E-state index >= 15 is 0 Å². The number of nitrogens with one attached hydrogen (secondary N) is 1. The van der Waals surface area contributed by atoms with Crippen molar-refractivity contribution >= 4 is 5.97 Å². The molecule has 1 aliphatic rings. The van der Waals surface area contributed by atoms with Crippen LogP contribution in [0.1, 0.15) is 20.3 Å². The molecule has 2 unspecified atom stereocenters. The van der Waals surface area contributed by atoms with Gasteiger partial charge in [-0.3, -0.25) is 9.69 Å². The smallest absolute Gasteiger partial charge is 0.327 e. The van der Waals surface area contributed by atoms with Gasteiger partial charge in [0.25, 0.3) is 0 Å². The van der Waals surface area contributed by atoms with E-state index in [-0.39, 0.29) is 5.97 Å². The minimum absolute atomic E-state index is 0.183. The molecule has 1 rings (SSSR count). The van der Waals surface area contributed by atoms with Crippen LogP contribution in [0.15, 0.2) is 0 Å². The predicted molar refractivity (Wildman–Crippen MR) is 72.6 cm³/mol. The lowest BCUT2D eigenvalue weighted by Crippen LogP contribution is -2.57. The summed E-state index contributed by atoms with van der Waals surface area (Å²) in [5.74, 6) is -0.183. The molecule has 1 saturated heterocycles. The Morgan fingerprint density at radius 2 is 2.22 bits per heavy atom. The molecule has 0 bridgehead atoms. The van der Waals surface area contributed by atoms with Gasteiger partial charge in [-0.1, -0.05) is 6.92 Å². The quantitative estimate of drug-likeness (QED) is 0.687. The van der Waals surface area contributed by atoms with E-state index < -0.39 is 5.54 Å². The highest BCUT2D eigenvalue weighted by Gasteiger charge is 2.37. The number of likely N-dealkylation sites (tertiary alicyclic amines) is 1. The van der Waals surface area contributed by atoms with E-state index in [4.69, 9.17) is 4.74 Å². The average Bonchev–Trinajstić information content (AvgIpc) is 2.76. The van der Waals surface area contributed by atoms with E-state index in [0.29, 0.717) is 12.6 Å². The van der Waals surface area contributed by atoms with Crippen LogP contribution in [-0.4, -0.2) is 74.7 Å². The maximum atomic E-state index is 11.9. The fraction of sp³-hybridized carbons (Fsp3) is 0.923. The number of methoxy groups -OCH3 is 1. The van der Waals surface area contributed by atoms with Crippen molar-refractivity contribution in [2.75, 3.05) is 47.4 Å². The van der Waals surface area contributed by atoms with Gasteiger partial charge in [0.1, 0.15) is 5.54 Å². The molecule has 0 aromatic rings. The second kappa shape index (κ2) is 6.50. The number of likely N-dealkylation sites (N-methyl/N-ethyl adjacent to an activating group) is 2. The van der Waals surface area contributed by atoms with E-state index in [9.17, 15) is 4.79 Å². The first-order valence-corrected chi connectivity index (χ1v) is 6.65. The molecule has 0 aromatic carbocycles. The van der Waals surface area contributed by atoms with Gasteiger partial charge in [-0.15, -0.1) is 0 Å². The standard InChI is InChI=1S/C13H27N3O2/c1-6-14-13(2,12(17)18-5)10-16-8-7-11(9-16)15(3)4/h11,14H,6-10H2,1-5H3. The second-order valence-electron chi connectivity index (χ2n) is 5.50. The van der Waals surface area contributed by atoms with E-state index in [1.54, 1.807) is 0 Å². The van der Waals surface area contributed by atoms with E-state index in [1.165, 1.54) is 7.11 Å². The van der Waals surface area contributed by atoms with Crippen molar-refractivity contribution in [3.63, 3.8) is 0 Å². The topological polar surface area (TPSA) is 44.8 Å². The molecule has 18 heavy (non-hydrogen) atoms. The molecule has 0 amide bonds. The van der Waals surface area contributed by atoms with Crippen molar-refractivity contribution in [2.45, 2.75) is 31.8 Å². The highest BCUT2D eigenvalue weighted by atomic mass is 16.5. The summed E-state index contributed by atoms with van der Waals surface area (Å²) >= 11 is 0. The van der Waals surface area contributed by atoms with Crippen LogP contribution in [0.25, 0.3) is 0 Å². The van der Waals surface area contributed by atoms with Gasteiger partial charge in [-0.25, -0.2) is 0 Å². The van der Waals surface area contributed by atoms with Gasteiger partial charge < -0.3 is 15.0 Å². The first-order chi connectivity index (χ1) is 8.42. The molecule has 1 N–H and O–H groups in total. The van der Waals surface area contributed by atoms with Crippen LogP contribution in [0.2, 0.25) is 0 Å². The molecule has 0 saturated carbocycles. The van der Waals surface area contributed by atoms with E-state index in [1.807, 2.05) is 13.8 Å². The van der Waals surface area contributed by atoms with Crippen molar-refractivity contribution in [3.8, 4) is 0 Å². The average molecular weight is 257 g/mol. The highest BCUT2D eigenvalue weighted by molar-refractivity contribution is 5.80. The van der Waals surface area contributed by atoms with Gasteiger partial charge in [0, 0.05) is 19.1 Å². The molecule has 1 aliphatic heterocycles. The molecular weight excluding hydrogens is 230 g/mol. The number of ether oxygens (including phenoxy) is 1. The summed E-state index contributed by atoms with van der Waals surface area (Å²) in [4.78, 5) is 16.5. The van der Waals surface area contributed by atoms with Crippen molar-refractivity contribution in [1.82, 2.24) is 15.1 Å². The molecule has 2 atom stereocenters. The normalized spacial score (nSPS) is 24.2. The number of nitrogens with zero attached hydrogens (tertiary/aromatic N) is 2. The molecule has 0 radical (unpaired) electrons. The van der Waals surface area contributed by atoms with Crippen LogP contribution in [0.4, 0.5) is 0 Å². The lowest BCUT2D eigenvalue weighted by molar-refractivity contribution is -0.148. The Bertz CT molecular complexity index is 283. The summed E-state index contributed by atoms with van der Waals surface area (Å²) < 4.78 is 4.91. The van der Waals surface area contributed by atoms with Gasteiger partial charge >= 0.3 is 5.97 Å². The maximum Gasteiger partial charge on any atom is 0.327 e. The number of rotatable bonds is 6. The molecule has 5 heteroatoms. The minimum Gasteiger partial charge on any atom is -0.468 e. The monoisotopic (exact) mass is 257 g/mol. The third kappa shape index (κ3) is 3.67. The summed E-state index contributed by atoms with van der Waals surface area (Å²) in [6.45, 7) is 7.46. The van der Waals surface area contributed by atoms with Crippen LogP contribution in [-0.2, 0) is 9.53 Å². The molecule has 0 spiro atoms. The molecule has 5 nitrogen and oxygen atoms in total. The van der Waals surface area contributed by atoms with Gasteiger partial charge in [0.2, 0.25) is 0 Å². The lowest BCUT2D eigenvalue weighted by atomic mass is 10.0. The van der Waals surface area contributed by atoms with Crippen LogP contribution in [0, 0.1) is 0 Å². The van der Waals surface area contributed by atoms with Gasteiger partial charge in [0.15, 0.2) is 0 Å². The molecule has 1 heterocycles. The molecule has 1 fully saturated rings. The summed E-state index contributed by atoms with van der Waals surface area (Å²) in [6.07, 6.45) is 1.16. The number of carbonyl (C=O) groups excluding carboxylic acids is 1. The van der Waals surface area contributed by atoms with E-state index in [2.05, 4.69) is 29.2 Å². The van der Waals surface area contributed by atoms with Crippen LogP contribution >= 0.6 is 0 Å². The Kier molecular flexibility index (Phi) is 5.56. The summed E-state index contributed by atoms with van der Waals surface area (Å²) in [5.41, 5.74) is -0.606. The Morgan fingerprint density at radius 3 is 2.67 bits per heavy atom. The van der Waals surface area contributed by atoms with E-state index in [0.717, 1.165) is 26.1 Å². The minimum atomic E-state index is -0.606. The fourth-order valence-corrected chi connectivity index (χ4v) is 2.63. The summed E-state index contributed by atoms with van der Waals surface area (Å²) in [7, 11) is 5.67. The zero-order valence-corrected chi connectivity index (χ0v) is 12.3. The Balaban J connectivity index is 2.60. The SMILES string of the molecule is CCNC(C)(CN1CCC(N(C)C)C1)C(=O)OC. The van der Waals surface area contributed by atoms with Crippen LogP contribution < -0.4 is 5.32 Å². The number of carbonyl (C=O) groups is 1. The predicted octanol–water partition coefficient (Wildman–Crippen LogP) is 0.164. The van der Waals surface area contributed by atoms with Crippen LogP contribution in [0.5, 0.6) is 0 Å². The largest absolute Gasteiger partial charge is 0.468 e. The first-order valence-electron chi connectivity index (χ1n) is 6.65. The number of hydrogen-bond acceptors (Lipinski definition) is 5. The lowest BCUT2D eigenvalue weighted by Gasteiger charge is -2.32. The molecule has 0 aromatic heterocycles. The van der Waals surface area contributed by atoms with Crippen molar-refractivity contribution in [2.24, 2.45) is 0 Å². The first kappa shape index (κ1) is 15.4. The van der Waals surface area contributed by atoms with Crippen molar-refractivity contribution in [1.29, 1.82) is 0 Å². The molecular formula is C13H27N3O2. The number of hydrogen-bond donors (Lipinski definition) is 1.